The first-order chi connectivity index (χ1) is 11.5. The number of nitrogens with zero attached hydrogens (tertiary/aromatic N) is 2. The summed E-state index contributed by atoms with van der Waals surface area (Å²) in [6.45, 7) is 4.12. The summed E-state index contributed by atoms with van der Waals surface area (Å²) in [5.41, 5.74) is 1.71. The van der Waals surface area contributed by atoms with Crippen molar-refractivity contribution in [1.29, 1.82) is 0 Å². The molecule has 1 aromatic carbocycles. The van der Waals surface area contributed by atoms with E-state index in [9.17, 15) is 9.59 Å². The molecule has 1 amide bonds. The minimum absolute atomic E-state index is 0.0871. The molecule has 128 valence electrons. The summed E-state index contributed by atoms with van der Waals surface area (Å²) in [5.74, 6) is -1.52. The predicted molar refractivity (Wildman–Crippen MR) is 91.8 cm³/mol. The maximum atomic E-state index is 12.5. The Morgan fingerprint density at radius 1 is 1.29 bits per heavy atom. The third-order valence-electron chi connectivity index (χ3n) is 4.75. The lowest BCUT2D eigenvalue weighted by Gasteiger charge is -2.25. The number of fused-ring (bicyclic) bond motifs is 1. The first-order valence-corrected chi connectivity index (χ1v) is 8.46. The smallest absolute Gasteiger partial charge is 0.306 e. The number of aliphatic carboxylic acids is 1. The largest absolute Gasteiger partial charge is 0.481 e. The van der Waals surface area contributed by atoms with E-state index in [4.69, 9.17) is 5.11 Å². The molecule has 0 bridgehead atoms. The van der Waals surface area contributed by atoms with Gasteiger partial charge in [0.25, 0.3) is 0 Å². The lowest BCUT2D eigenvalue weighted by molar-refractivity contribution is -0.143. The van der Waals surface area contributed by atoms with Gasteiger partial charge in [-0.25, -0.2) is 0 Å². The first-order valence-electron chi connectivity index (χ1n) is 8.46. The third kappa shape index (κ3) is 3.27. The quantitative estimate of drug-likeness (QED) is 0.900. The van der Waals surface area contributed by atoms with Gasteiger partial charge < -0.3 is 10.4 Å². The van der Waals surface area contributed by atoms with E-state index < -0.39 is 11.9 Å². The van der Waals surface area contributed by atoms with Gasteiger partial charge in [-0.2, -0.15) is 5.10 Å². The van der Waals surface area contributed by atoms with E-state index >= 15 is 0 Å². The van der Waals surface area contributed by atoms with E-state index in [1.54, 1.807) is 0 Å². The molecule has 0 aliphatic heterocycles. The Morgan fingerprint density at radius 2 is 2.04 bits per heavy atom. The van der Waals surface area contributed by atoms with Crippen LogP contribution >= 0.6 is 0 Å². The second-order valence-corrected chi connectivity index (χ2v) is 6.84. The number of nitrogens with one attached hydrogen (secondary N) is 1. The van der Waals surface area contributed by atoms with Gasteiger partial charge in [0.2, 0.25) is 5.91 Å². The highest BCUT2D eigenvalue weighted by atomic mass is 16.4. The maximum Gasteiger partial charge on any atom is 0.306 e. The standard InChI is InChI=1S/C18H23N3O3/c1-11(2)21-16-9-15(7-6-14(16)10-19-21)20-17(22)12-4-3-5-13(8-12)18(23)24/h6-7,9-13H,3-5,8H2,1-2H3,(H,20,22)(H,23,24). The van der Waals surface area contributed by atoms with Crippen LogP contribution in [0.5, 0.6) is 0 Å². The van der Waals surface area contributed by atoms with Crippen LogP contribution in [0.25, 0.3) is 10.9 Å². The monoisotopic (exact) mass is 329 g/mol. The Hall–Kier alpha value is -2.37. The van der Waals surface area contributed by atoms with Crippen molar-refractivity contribution in [3.63, 3.8) is 0 Å². The highest BCUT2D eigenvalue weighted by Crippen LogP contribution is 2.30. The van der Waals surface area contributed by atoms with Gasteiger partial charge in [0.1, 0.15) is 0 Å². The number of carboxylic acid groups (broad SMARTS) is 1. The van der Waals surface area contributed by atoms with E-state index in [1.165, 1.54) is 0 Å². The molecule has 2 aromatic rings. The van der Waals surface area contributed by atoms with Crippen molar-refractivity contribution in [2.24, 2.45) is 11.8 Å². The van der Waals surface area contributed by atoms with Gasteiger partial charge in [0.05, 0.1) is 17.6 Å². The number of anilines is 1. The molecule has 1 aromatic heterocycles. The molecule has 6 nitrogen and oxygen atoms in total. The minimum Gasteiger partial charge on any atom is -0.481 e. The van der Waals surface area contributed by atoms with Crippen molar-refractivity contribution >= 4 is 28.5 Å². The van der Waals surface area contributed by atoms with Crippen molar-refractivity contribution in [3.8, 4) is 0 Å². The SMILES string of the molecule is CC(C)n1ncc2ccc(NC(=O)C3CCCC(C(=O)O)C3)cc21. The van der Waals surface area contributed by atoms with Crippen molar-refractivity contribution in [2.45, 2.75) is 45.6 Å². The van der Waals surface area contributed by atoms with Gasteiger partial charge in [-0.1, -0.05) is 6.42 Å². The molecule has 1 saturated carbocycles. The molecule has 2 N–H and O–H groups in total. The van der Waals surface area contributed by atoms with Crippen molar-refractivity contribution < 1.29 is 14.7 Å². The number of carbonyl (C=O) groups excluding carboxylic acids is 1. The van der Waals surface area contributed by atoms with Gasteiger partial charge in [0, 0.05) is 23.0 Å². The summed E-state index contributed by atoms with van der Waals surface area (Å²) >= 11 is 0. The number of aromatic nitrogens is 2. The third-order valence-corrected chi connectivity index (χ3v) is 4.75. The topological polar surface area (TPSA) is 84.2 Å². The number of amides is 1. The zero-order valence-corrected chi connectivity index (χ0v) is 14.0. The number of hydrogen-bond acceptors (Lipinski definition) is 3. The minimum atomic E-state index is -0.797. The Balaban J connectivity index is 1.75. The molecule has 0 radical (unpaired) electrons. The summed E-state index contributed by atoms with van der Waals surface area (Å²) in [4.78, 5) is 23.7. The molecular weight excluding hydrogens is 306 g/mol. The molecule has 3 rings (SSSR count). The van der Waals surface area contributed by atoms with E-state index in [-0.39, 0.29) is 17.9 Å². The molecule has 2 atom stereocenters. The number of carbonyl (C=O) groups is 2. The van der Waals surface area contributed by atoms with Crippen LogP contribution < -0.4 is 5.32 Å². The van der Waals surface area contributed by atoms with Gasteiger partial charge >= 0.3 is 5.97 Å². The van der Waals surface area contributed by atoms with E-state index in [0.29, 0.717) is 12.8 Å². The van der Waals surface area contributed by atoms with Crippen molar-refractivity contribution in [2.75, 3.05) is 5.32 Å². The Bertz CT molecular complexity index is 766. The van der Waals surface area contributed by atoms with Crippen LogP contribution in [-0.2, 0) is 9.59 Å². The molecule has 0 spiro atoms. The lowest BCUT2D eigenvalue weighted by Crippen LogP contribution is -2.30. The van der Waals surface area contributed by atoms with Crippen LogP contribution in [0.1, 0.15) is 45.6 Å². The van der Waals surface area contributed by atoms with E-state index in [2.05, 4.69) is 24.3 Å². The molecule has 2 unspecified atom stereocenters. The average molecular weight is 329 g/mol. The second kappa shape index (κ2) is 6.63. The molecule has 6 heteroatoms. The molecule has 1 aliphatic carbocycles. The summed E-state index contributed by atoms with van der Waals surface area (Å²) in [6.07, 6.45) is 4.45. The number of hydrogen-bond donors (Lipinski definition) is 2. The van der Waals surface area contributed by atoms with Crippen LogP contribution in [0, 0.1) is 11.8 Å². The summed E-state index contributed by atoms with van der Waals surface area (Å²) < 4.78 is 1.92. The van der Waals surface area contributed by atoms with Gasteiger partial charge in [-0.15, -0.1) is 0 Å². The van der Waals surface area contributed by atoms with Crippen LogP contribution in [-0.4, -0.2) is 26.8 Å². The Labute approximate surface area is 140 Å². The first kappa shape index (κ1) is 16.5. The summed E-state index contributed by atoms with van der Waals surface area (Å²) in [7, 11) is 0. The average Bonchev–Trinajstić information content (AvgIpc) is 2.98. The van der Waals surface area contributed by atoms with Crippen LogP contribution in [0.3, 0.4) is 0 Å². The van der Waals surface area contributed by atoms with Crippen molar-refractivity contribution in [3.05, 3.63) is 24.4 Å². The van der Waals surface area contributed by atoms with Crippen LogP contribution in [0.2, 0.25) is 0 Å². The maximum absolute atomic E-state index is 12.5. The number of rotatable bonds is 4. The van der Waals surface area contributed by atoms with Crippen molar-refractivity contribution in [1.82, 2.24) is 9.78 Å². The summed E-state index contributed by atoms with van der Waals surface area (Å²) in [6, 6.07) is 5.97. The molecule has 0 saturated heterocycles. The van der Waals surface area contributed by atoms with Crippen LogP contribution in [0.4, 0.5) is 5.69 Å². The molecular formula is C18H23N3O3. The lowest BCUT2D eigenvalue weighted by atomic mass is 9.81. The number of carboxylic acids is 1. The van der Waals surface area contributed by atoms with Crippen LogP contribution in [0.15, 0.2) is 24.4 Å². The fourth-order valence-corrected chi connectivity index (χ4v) is 3.42. The molecule has 24 heavy (non-hydrogen) atoms. The molecule has 1 heterocycles. The second-order valence-electron chi connectivity index (χ2n) is 6.84. The van der Waals surface area contributed by atoms with E-state index in [1.807, 2.05) is 29.1 Å². The van der Waals surface area contributed by atoms with Gasteiger partial charge in [-0.05, 0) is 51.3 Å². The highest BCUT2D eigenvalue weighted by molar-refractivity contribution is 5.95. The molecule has 1 fully saturated rings. The van der Waals surface area contributed by atoms with E-state index in [0.717, 1.165) is 29.4 Å². The number of benzene rings is 1. The fourth-order valence-electron chi connectivity index (χ4n) is 3.42. The Kier molecular flexibility index (Phi) is 4.55. The zero-order valence-electron chi connectivity index (χ0n) is 14.0. The van der Waals surface area contributed by atoms with Gasteiger partial charge in [0.15, 0.2) is 0 Å². The predicted octanol–water partition coefficient (Wildman–Crippen LogP) is 3.45. The normalized spacial score (nSPS) is 21.1. The zero-order chi connectivity index (χ0) is 17.3. The fraction of sp³-hybridized carbons (Fsp3) is 0.500. The molecule has 1 aliphatic rings. The Morgan fingerprint density at radius 3 is 2.75 bits per heavy atom. The van der Waals surface area contributed by atoms with Gasteiger partial charge in [-0.3, -0.25) is 14.3 Å². The summed E-state index contributed by atoms with van der Waals surface area (Å²) in [5, 5.41) is 17.5. The highest BCUT2D eigenvalue weighted by Gasteiger charge is 2.31.